The van der Waals surface area contributed by atoms with Crippen LogP contribution in [-0.2, 0) is 9.59 Å². The molecule has 0 saturated carbocycles. The summed E-state index contributed by atoms with van der Waals surface area (Å²) in [6.45, 7) is 2.28. The largest absolute Gasteiger partial charge is 0.336 e. The SMILES string of the molecule is CCC(=O)NC1CCCCN1C(=O)C(=O)c1cccs1. The van der Waals surface area contributed by atoms with E-state index < -0.39 is 11.7 Å². The molecule has 1 fully saturated rings. The summed E-state index contributed by atoms with van der Waals surface area (Å²) < 4.78 is 0. The molecule has 1 saturated heterocycles. The molecule has 1 aliphatic heterocycles. The Balaban J connectivity index is 2.09. The smallest absolute Gasteiger partial charge is 0.297 e. The average Bonchev–Trinajstić information content (AvgIpc) is 3.00. The number of hydrogen-bond donors (Lipinski definition) is 1. The first-order chi connectivity index (χ1) is 9.63. The third-order valence-electron chi connectivity index (χ3n) is 3.35. The molecule has 1 unspecified atom stereocenters. The Labute approximate surface area is 122 Å². The quantitative estimate of drug-likeness (QED) is 0.680. The number of carbonyl (C=O) groups excluding carboxylic acids is 3. The fourth-order valence-electron chi connectivity index (χ4n) is 2.26. The molecular formula is C14H18N2O3S. The van der Waals surface area contributed by atoms with Crippen LogP contribution in [0.4, 0.5) is 0 Å². The minimum absolute atomic E-state index is 0.0988. The van der Waals surface area contributed by atoms with Gasteiger partial charge in [-0.2, -0.15) is 0 Å². The van der Waals surface area contributed by atoms with Crippen molar-refractivity contribution < 1.29 is 14.4 Å². The molecule has 108 valence electrons. The van der Waals surface area contributed by atoms with Crippen molar-refractivity contribution in [2.75, 3.05) is 6.54 Å². The monoisotopic (exact) mass is 294 g/mol. The normalized spacial score (nSPS) is 18.6. The topological polar surface area (TPSA) is 66.5 Å². The average molecular weight is 294 g/mol. The number of rotatable bonds is 4. The predicted molar refractivity (Wildman–Crippen MR) is 76.4 cm³/mol. The van der Waals surface area contributed by atoms with Crippen molar-refractivity contribution in [1.29, 1.82) is 0 Å². The van der Waals surface area contributed by atoms with Crippen LogP contribution < -0.4 is 5.32 Å². The lowest BCUT2D eigenvalue weighted by atomic mass is 10.1. The fourth-order valence-corrected chi connectivity index (χ4v) is 2.91. The second-order valence-corrected chi connectivity index (χ2v) is 5.69. The number of likely N-dealkylation sites (tertiary alicyclic amines) is 1. The van der Waals surface area contributed by atoms with Crippen molar-refractivity contribution in [1.82, 2.24) is 10.2 Å². The van der Waals surface area contributed by atoms with Crippen molar-refractivity contribution in [3.63, 3.8) is 0 Å². The van der Waals surface area contributed by atoms with E-state index in [4.69, 9.17) is 0 Å². The van der Waals surface area contributed by atoms with Gasteiger partial charge in [-0.25, -0.2) is 0 Å². The first kappa shape index (κ1) is 14.7. The molecule has 5 nitrogen and oxygen atoms in total. The molecule has 1 aromatic heterocycles. The maximum absolute atomic E-state index is 12.3. The number of Topliss-reactive ketones (excluding diaryl/α,β-unsaturated/α-hetero) is 1. The van der Waals surface area contributed by atoms with Gasteiger partial charge in [-0.3, -0.25) is 14.4 Å². The lowest BCUT2D eigenvalue weighted by Crippen LogP contribution is -2.54. The molecule has 1 atom stereocenters. The van der Waals surface area contributed by atoms with Crippen LogP contribution in [-0.4, -0.2) is 35.2 Å². The van der Waals surface area contributed by atoms with Crippen molar-refractivity contribution in [3.8, 4) is 0 Å². The van der Waals surface area contributed by atoms with Gasteiger partial charge in [0.05, 0.1) is 4.88 Å². The van der Waals surface area contributed by atoms with E-state index in [-0.39, 0.29) is 12.1 Å². The van der Waals surface area contributed by atoms with Gasteiger partial charge in [0.2, 0.25) is 5.91 Å². The summed E-state index contributed by atoms with van der Waals surface area (Å²) in [7, 11) is 0. The van der Waals surface area contributed by atoms with Gasteiger partial charge >= 0.3 is 0 Å². The van der Waals surface area contributed by atoms with Gasteiger partial charge in [0, 0.05) is 13.0 Å². The zero-order valence-electron chi connectivity index (χ0n) is 11.4. The first-order valence-corrected chi connectivity index (χ1v) is 7.69. The molecule has 0 spiro atoms. The molecule has 2 heterocycles. The number of piperidine rings is 1. The summed E-state index contributed by atoms with van der Waals surface area (Å²) in [5.41, 5.74) is 0. The molecule has 0 radical (unpaired) electrons. The van der Waals surface area contributed by atoms with E-state index in [1.165, 1.54) is 16.2 Å². The summed E-state index contributed by atoms with van der Waals surface area (Å²) >= 11 is 1.26. The molecule has 1 aliphatic rings. The van der Waals surface area contributed by atoms with E-state index in [0.29, 0.717) is 24.3 Å². The van der Waals surface area contributed by atoms with Crippen molar-refractivity contribution in [2.24, 2.45) is 0 Å². The van der Waals surface area contributed by atoms with Crippen molar-refractivity contribution in [2.45, 2.75) is 38.8 Å². The van der Waals surface area contributed by atoms with E-state index in [2.05, 4.69) is 5.32 Å². The Hall–Kier alpha value is -1.69. The first-order valence-electron chi connectivity index (χ1n) is 6.81. The zero-order valence-corrected chi connectivity index (χ0v) is 12.2. The fraction of sp³-hybridized carbons (Fsp3) is 0.500. The van der Waals surface area contributed by atoms with Gasteiger partial charge in [-0.05, 0) is 30.7 Å². The Kier molecular flexibility index (Phi) is 4.89. The summed E-state index contributed by atoms with van der Waals surface area (Å²) in [6.07, 6.45) is 2.54. The van der Waals surface area contributed by atoms with Crippen LogP contribution in [0.5, 0.6) is 0 Å². The van der Waals surface area contributed by atoms with Gasteiger partial charge in [0.1, 0.15) is 6.17 Å². The van der Waals surface area contributed by atoms with Gasteiger partial charge in [-0.1, -0.05) is 13.0 Å². The number of ketones is 1. The van der Waals surface area contributed by atoms with Gasteiger partial charge in [-0.15, -0.1) is 11.3 Å². The lowest BCUT2D eigenvalue weighted by molar-refractivity contribution is -0.133. The molecule has 1 aromatic rings. The summed E-state index contributed by atoms with van der Waals surface area (Å²) in [6, 6.07) is 3.40. The third-order valence-corrected chi connectivity index (χ3v) is 4.22. The highest BCUT2D eigenvalue weighted by atomic mass is 32.1. The number of nitrogens with one attached hydrogen (secondary N) is 1. The van der Waals surface area contributed by atoms with Crippen LogP contribution in [0, 0.1) is 0 Å². The minimum Gasteiger partial charge on any atom is -0.336 e. The Bertz CT molecular complexity index is 499. The second kappa shape index (κ2) is 6.65. The molecule has 0 bridgehead atoms. The van der Waals surface area contributed by atoms with Gasteiger partial charge < -0.3 is 10.2 Å². The number of nitrogens with zero attached hydrogens (tertiary/aromatic N) is 1. The van der Waals surface area contributed by atoms with Crippen LogP contribution in [0.15, 0.2) is 17.5 Å². The van der Waals surface area contributed by atoms with E-state index >= 15 is 0 Å². The minimum atomic E-state index is -0.520. The third kappa shape index (κ3) is 3.25. The standard InChI is InChI=1S/C14H18N2O3S/c1-2-12(17)15-11-7-3-4-8-16(11)14(19)13(18)10-6-5-9-20-10/h5-6,9,11H,2-4,7-8H2,1H3,(H,15,17). The maximum atomic E-state index is 12.3. The van der Waals surface area contributed by atoms with E-state index in [0.717, 1.165) is 12.8 Å². The van der Waals surface area contributed by atoms with E-state index in [9.17, 15) is 14.4 Å². The molecular weight excluding hydrogens is 276 g/mol. The second-order valence-electron chi connectivity index (χ2n) is 4.74. The van der Waals surface area contributed by atoms with Crippen molar-refractivity contribution >= 4 is 28.9 Å². The molecule has 20 heavy (non-hydrogen) atoms. The van der Waals surface area contributed by atoms with Crippen LogP contribution in [0.25, 0.3) is 0 Å². The highest BCUT2D eigenvalue weighted by Gasteiger charge is 2.32. The van der Waals surface area contributed by atoms with E-state index in [1.54, 1.807) is 24.4 Å². The van der Waals surface area contributed by atoms with Crippen LogP contribution >= 0.6 is 11.3 Å². The molecule has 6 heteroatoms. The molecule has 1 N–H and O–H groups in total. The Morgan fingerprint density at radius 1 is 1.40 bits per heavy atom. The van der Waals surface area contributed by atoms with Crippen molar-refractivity contribution in [3.05, 3.63) is 22.4 Å². The summed E-state index contributed by atoms with van der Waals surface area (Å²) in [5.74, 6) is -1.11. The number of carbonyl (C=O) groups is 3. The highest BCUT2D eigenvalue weighted by molar-refractivity contribution is 7.13. The number of thiophene rings is 1. The van der Waals surface area contributed by atoms with Crippen LogP contribution in [0.1, 0.15) is 42.3 Å². The maximum Gasteiger partial charge on any atom is 0.297 e. The van der Waals surface area contributed by atoms with Crippen LogP contribution in [0.3, 0.4) is 0 Å². The number of amides is 2. The molecule has 2 amide bonds. The Morgan fingerprint density at radius 3 is 2.85 bits per heavy atom. The molecule has 0 aromatic carbocycles. The van der Waals surface area contributed by atoms with E-state index in [1.807, 2.05) is 0 Å². The molecule has 0 aliphatic carbocycles. The highest BCUT2D eigenvalue weighted by Crippen LogP contribution is 2.18. The van der Waals surface area contributed by atoms with Gasteiger partial charge in [0.25, 0.3) is 11.7 Å². The molecule has 2 rings (SSSR count). The van der Waals surface area contributed by atoms with Gasteiger partial charge in [0.15, 0.2) is 0 Å². The summed E-state index contributed by atoms with van der Waals surface area (Å²) in [4.78, 5) is 37.9. The lowest BCUT2D eigenvalue weighted by Gasteiger charge is -2.35. The van der Waals surface area contributed by atoms with Crippen LogP contribution in [0.2, 0.25) is 0 Å². The Morgan fingerprint density at radius 2 is 2.20 bits per heavy atom. The predicted octanol–water partition coefficient (Wildman–Crippen LogP) is 1.80. The number of hydrogen-bond acceptors (Lipinski definition) is 4. The zero-order chi connectivity index (χ0) is 14.5. The summed E-state index contributed by atoms with van der Waals surface area (Å²) in [5, 5.41) is 4.59.